The molecule has 3 rings (SSSR count). The number of para-hydroxylation sites is 1. The largest absolute Gasteiger partial charge is 0.341 e. The molecular weight excluding hydrogens is 336 g/mol. The van der Waals surface area contributed by atoms with Crippen molar-refractivity contribution >= 4 is 29.1 Å². The van der Waals surface area contributed by atoms with Crippen molar-refractivity contribution < 1.29 is 4.79 Å². The third kappa shape index (κ3) is 4.10. The number of benzene rings is 1. The summed E-state index contributed by atoms with van der Waals surface area (Å²) < 4.78 is 0. The van der Waals surface area contributed by atoms with Crippen LogP contribution >= 0.6 is 11.6 Å². The molecular formula is C19H23ClN4O. The van der Waals surface area contributed by atoms with Crippen LogP contribution in [0.1, 0.15) is 43.1 Å². The van der Waals surface area contributed by atoms with Crippen LogP contribution in [0.4, 0.5) is 11.6 Å². The molecule has 1 aromatic carbocycles. The molecule has 0 atom stereocenters. The third-order valence-electron chi connectivity index (χ3n) is 4.37. The number of amides is 1. The molecule has 0 aliphatic carbocycles. The molecule has 1 saturated heterocycles. The first kappa shape index (κ1) is 17.7. The smallest absolute Gasteiger partial charge is 0.278 e. The van der Waals surface area contributed by atoms with Gasteiger partial charge in [0.05, 0.1) is 11.2 Å². The minimum Gasteiger partial charge on any atom is -0.341 e. The van der Waals surface area contributed by atoms with E-state index in [1.54, 1.807) is 11.1 Å². The molecule has 1 fully saturated rings. The van der Waals surface area contributed by atoms with Crippen molar-refractivity contribution in [1.29, 1.82) is 0 Å². The van der Waals surface area contributed by atoms with Crippen molar-refractivity contribution in [3.05, 3.63) is 47.2 Å². The first-order valence-electron chi connectivity index (χ1n) is 8.85. The summed E-state index contributed by atoms with van der Waals surface area (Å²) in [5.74, 6) is 0.418. The van der Waals surface area contributed by atoms with Crippen LogP contribution < -0.4 is 9.80 Å². The normalized spacial score (nSPS) is 13.9. The first-order valence-corrected chi connectivity index (χ1v) is 9.23. The van der Waals surface area contributed by atoms with Crippen LogP contribution in [-0.2, 0) is 0 Å². The van der Waals surface area contributed by atoms with E-state index in [0.717, 1.165) is 44.5 Å². The average molecular weight is 359 g/mol. The maximum Gasteiger partial charge on any atom is 0.278 e. The van der Waals surface area contributed by atoms with Gasteiger partial charge in [0.25, 0.3) is 5.91 Å². The van der Waals surface area contributed by atoms with E-state index in [2.05, 4.69) is 21.8 Å². The third-order valence-corrected chi connectivity index (χ3v) is 4.65. The Morgan fingerprint density at radius 2 is 1.96 bits per heavy atom. The number of anilines is 2. The number of rotatable bonds is 6. The van der Waals surface area contributed by atoms with Gasteiger partial charge in [0.1, 0.15) is 0 Å². The predicted molar refractivity (Wildman–Crippen MR) is 102 cm³/mol. The van der Waals surface area contributed by atoms with E-state index in [9.17, 15) is 4.79 Å². The number of carbonyl (C=O) groups excluding carboxylic acids is 1. The highest BCUT2D eigenvalue weighted by Crippen LogP contribution is 2.23. The molecule has 0 saturated carbocycles. The first-order chi connectivity index (χ1) is 12.2. The second kappa shape index (κ2) is 8.30. The van der Waals surface area contributed by atoms with Crippen LogP contribution in [0, 0.1) is 0 Å². The van der Waals surface area contributed by atoms with Gasteiger partial charge in [-0.2, -0.15) is 0 Å². The Hall–Kier alpha value is -2.14. The standard InChI is InChI=1S/C19H23ClN4O/c1-2-3-13-24(15-9-5-4-6-10-15)18(25)17-16(20)14-21-19(22-17)23-11-7-8-12-23/h4-6,9-10,14H,2-3,7-8,11-13H2,1H3. The number of nitrogens with zero attached hydrogens (tertiary/aromatic N) is 4. The van der Waals surface area contributed by atoms with E-state index in [-0.39, 0.29) is 11.6 Å². The molecule has 2 heterocycles. The molecule has 1 aliphatic rings. The number of hydrogen-bond donors (Lipinski definition) is 0. The van der Waals surface area contributed by atoms with E-state index in [4.69, 9.17) is 11.6 Å². The van der Waals surface area contributed by atoms with Crippen LogP contribution in [0.3, 0.4) is 0 Å². The predicted octanol–water partition coefficient (Wildman–Crippen LogP) is 4.18. The minimum absolute atomic E-state index is 0.174. The second-order valence-corrected chi connectivity index (χ2v) is 6.61. The van der Waals surface area contributed by atoms with Crippen molar-refractivity contribution in [3.63, 3.8) is 0 Å². The fourth-order valence-electron chi connectivity index (χ4n) is 2.98. The number of carbonyl (C=O) groups is 1. The van der Waals surface area contributed by atoms with Crippen LogP contribution in [-0.4, -0.2) is 35.5 Å². The number of hydrogen-bond acceptors (Lipinski definition) is 4. The van der Waals surface area contributed by atoms with E-state index in [0.29, 0.717) is 17.5 Å². The Balaban J connectivity index is 1.91. The van der Waals surface area contributed by atoms with Crippen molar-refractivity contribution in [2.24, 2.45) is 0 Å². The molecule has 1 aliphatic heterocycles. The summed E-state index contributed by atoms with van der Waals surface area (Å²) in [5, 5.41) is 0.297. The molecule has 6 heteroatoms. The van der Waals surface area contributed by atoms with Crippen molar-refractivity contribution in [1.82, 2.24) is 9.97 Å². The zero-order valence-electron chi connectivity index (χ0n) is 14.5. The topological polar surface area (TPSA) is 49.3 Å². The Morgan fingerprint density at radius 3 is 2.64 bits per heavy atom. The SMILES string of the molecule is CCCCN(C(=O)c1nc(N2CCCC2)ncc1Cl)c1ccccc1. The van der Waals surface area contributed by atoms with Gasteiger partial charge in [-0.05, 0) is 31.4 Å². The van der Waals surface area contributed by atoms with Gasteiger partial charge < -0.3 is 9.80 Å². The lowest BCUT2D eigenvalue weighted by Gasteiger charge is -2.23. The van der Waals surface area contributed by atoms with E-state index in [1.165, 1.54) is 0 Å². The zero-order chi connectivity index (χ0) is 17.6. The van der Waals surface area contributed by atoms with Crippen LogP contribution in [0.2, 0.25) is 5.02 Å². The Kier molecular flexibility index (Phi) is 5.87. The van der Waals surface area contributed by atoms with Gasteiger partial charge in [-0.3, -0.25) is 4.79 Å². The van der Waals surface area contributed by atoms with Gasteiger partial charge in [0, 0.05) is 25.3 Å². The quantitative estimate of drug-likeness (QED) is 0.777. The number of halogens is 1. The molecule has 2 aromatic rings. The monoisotopic (exact) mass is 358 g/mol. The molecule has 0 N–H and O–H groups in total. The van der Waals surface area contributed by atoms with E-state index in [1.807, 2.05) is 30.3 Å². The highest BCUT2D eigenvalue weighted by molar-refractivity contribution is 6.34. The lowest BCUT2D eigenvalue weighted by Crippen LogP contribution is -2.33. The molecule has 1 amide bonds. The average Bonchev–Trinajstić information content (AvgIpc) is 3.18. The van der Waals surface area contributed by atoms with Crippen molar-refractivity contribution in [2.45, 2.75) is 32.6 Å². The molecule has 0 radical (unpaired) electrons. The van der Waals surface area contributed by atoms with Gasteiger partial charge in [0.15, 0.2) is 5.69 Å². The lowest BCUT2D eigenvalue weighted by molar-refractivity contribution is 0.0982. The Morgan fingerprint density at radius 1 is 1.24 bits per heavy atom. The van der Waals surface area contributed by atoms with Gasteiger partial charge in [-0.1, -0.05) is 43.1 Å². The fraction of sp³-hybridized carbons (Fsp3) is 0.421. The minimum atomic E-state index is -0.174. The van der Waals surface area contributed by atoms with Crippen molar-refractivity contribution in [2.75, 3.05) is 29.4 Å². The summed E-state index contributed by atoms with van der Waals surface area (Å²) in [4.78, 5) is 25.8. The summed E-state index contributed by atoms with van der Waals surface area (Å²) in [6.45, 7) is 4.59. The maximum atomic E-state index is 13.2. The lowest BCUT2D eigenvalue weighted by atomic mass is 10.2. The molecule has 1 aromatic heterocycles. The number of unbranched alkanes of at least 4 members (excludes halogenated alkanes) is 1. The number of aromatic nitrogens is 2. The molecule has 5 nitrogen and oxygen atoms in total. The summed E-state index contributed by atoms with van der Waals surface area (Å²) in [6, 6.07) is 9.67. The second-order valence-electron chi connectivity index (χ2n) is 6.21. The van der Waals surface area contributed by atoms with E-state index < -0.39 is 0 Å². The molecule has 132 valence electrons. The molecule has 0 bridgehead atoms. The summed E-state index contributed by atoms with van der Waals surface area (Å²) in [7, 11) is 0. The highest BCUT2D eigenvalue weighted by atomic mass is 35.5. The van der Waals surface area contributed by atoms with E-state index >= 15 is 0 Å². The van der Waals surface area contributed by atoms with Gasteiger partial charge in [-0.25, -0.2) is 9.97 Å². The van der Waals surface area contributed by atoms with Crippen LogP contribution in [0.15, 0.2) is 36.5 Å². The summed E-state index contributed by atoms with van der Waals surface area (Å²) in [6.07, 6.45) is 5.72. The van der Waals surface area contributed by atoms with Crippen molar-refractivity contribution in [3.8, 4) is 0 Å². The highest BCUT2D eigenvalue weighted by Gasteiger charge is 2.24. The molecule has 0 spiro atoms. The maximum absolute atomic E-state index is 13.2. The molecule has 0 unspecified atom stereocenters. The summed E-state index contributed by atoms with van der Waals surface area (Å²) >= 11 is 6.27. The van der Waals surface area contributed by atoms with Gasteiger partial charge in [-0.15, -0.1) is 0 Å². The Labute approximate surface area is 153 Å². The molecule has 25 heavy (non-hydrogen) atoms. The fourth-order valence-corrected chi connectivity index (χ4v) is 3.15. The van der Waals surface area contributed by atoms with Crippen LogP contribution in [0.5, 0.6) is 0 Å². The van der Waals surface area contributed by atoms with Gasteiger partial charge >= 0.3 is 0 Å². The van der Waals surface area contributed by atoms with Gasteiger partial charge in [0.2, 0.25) is 5.95 Å². The summed E-state index contributed by atoms with van der Waals surface area (Å²) in [5.41, 5.74) is 1.14. The zero-order valence-corrected chi connectivity index (χ0v) is 15.2. The van der Waals surface area contributed by atoms with Crippen LogP contribution in [0.25, 0.3) is 0 Å². The Bertz CT molecular complexity index is 717.